The molecule has 1 amide bonds. The molecule has 18 heavy (non-hydrogen) atoms. The summed E-state index contributed by atoms with van der Waals surface area (Å²) in [6, 6.07) is 6.55. The van der Waals surface area contributed by atoms with Crippen molar-refractivity contribution in [2.24, 2.45) is 0 Å². The van der Waals surface area contributed by atoms with Crippen molar-refractivity contribution in [3.8, 4) is 0 Å². The molecule has 0 bridgehead atoms. The lowest BCUT2D eigenvalue weighted by molar-refractivity contribution is -0.122. The summed E-state index contributed by atoms with van der Waals surface area (Å²) in [4.78, 5) is 11.6. The predicted molar refractivity (Wildman–Crippen MR) is 74.6 cm³/mol. The minimum absolute atomic E-state index is 0. The number of carbonyl (C=O) groups excluding carboxylic acids is 1. The van der Waals surface area contributed by atoms with Gasteiger partial charge >= 0.3 is 0 Å². The van der Waals surface area contributed by atoms with Crippen LogP contribution in [-0.2, 0) is 11.2 Å². The van der Waals surface area contributed by atoms with E-state index >= 15 is 0 Å². The standard InChI is InChI=1S/C12H15FN2OS.ClH/c13-10-4-2-1-3-9(10)5-6-14-12(16)11-7-17-8-15-11;/h1-4,11,15H,5-8H2,(H,14,16);1H. The summed E-state index contributed by atoms with van der Waals surface area (Å²) >= 11 is 1.71. The van der Waals surface area contributed by atoms with E-state index in [1.807, 2.05) is 0 Å². The quantitative estimate of drug-likeness (QED) is 0.884. The zero-order valence-corrected chi connectivity index (χ0v) is 11.5. The van der Waals surface area contributed by atoms with Crippen LogP contribution in [0.5, 0.6) is 0 Å². The molecule has 1 heterocycles. The Morgan fingerprint density at radius 2 is 2.28 bits per heavy atom. The average molecular weight is 291 g/mol. The van der Waals surface area contributed by atoms with Crippen molar-refractivity contribution >= 4 is 30.1 Å². The fourth-order valence-corrected chi connectivity index (χ4v) is 2.65. The van der Waals surface area contributed by atoms with E-state index in [4.69, 9.17) is 0 Å². The average Bonchev–Trinajstić information content (AvgIpc) is 2.85. The Morgan fingerprint density at radius 3 is 2.94 bits per heavy atom. The van der Waals surface area contributed by atoms with Crippen LogP contribution in [0.1, 0.15) is 5.56 Å². The summed E-state index contributed by atoms with van der Waals surface area (Å²) in [5, 5.41) is 5.91. The summed E-state index contributed by atoms with van der Waals surface area (Å²) in [6.07, 6.45) is 0.526. The van der Waals surface area contributed by atoms with Gasteiger partial charge in [0.15, 0.2) is 0 Å². The van der Waals surface area contributed by atoms with Gasteiger partial charge in [0.05, 0.1) is 6.04 Å². The van der Waals surface area contributed by atoms with Crippen LogP contribution in [0.4, 0.5) is 4.39 Å². The Hall–Kier alpha value is -0.780. The predicted octanol–water partition coefficient (Wildman–Crippen LogP) is 1.57. The van der Waals surface area contributed by atoms with Crippen LogP contribution in [-0.4, -0.2) is 30.1 Å². The molecule has 0 aliphatic carbocycles. The third-order valence-electron chi connectivity index (χ3n) is 2.68. The lowest BCUT2D eigenvalue weighted by Gasteiger charge is -2.10. The van der Waals surface area contributed by atoms with Crippen LogP contribution in [0, 0.1) is 5.82 Å². The van der Waals surface area contributed by atoms with Crippen LogP contribution >= 0.6 is 24.2 Å². The van der Waals surface area contributed by atoms with Crippen LogP contribution in [0.25, 0.3) is 0 Å². The molecule has 2 rings (SSSR count). The van der Waals surface area contributed by atoms with Gasteiger partial charge in [-0.1, -0.05) is 18.2 Å². The van der Waals surface area contributed by atoms with E-state index in [0.717, 1.165) is 11.6 Å². The topological polar surface area (TPSA) is 41.1 Å². The van der Waals surface area contributed by atoms with E-state index < -0.39 is 0 Å². The molecule has 0 radical (unpaired) electrons. The third-order valence-corrected chi connectivity index (χ3v) is 3.62. The number of amides is 1. The highest BCUT2D eigenvalue weighted by molar-refractivity contribution is 7.99. The molecule has 0 saturated carbocycles. The zero-order valence-electron chi connectivity index (χ0n) is 9.82. The summed E-state index contributed by atoms with van der Waals surface area (Å²) < 4.78 is 13.3. The minimum atomic E-state index is -0.212. The molecule has 1 aromatic rings. The molecule has 1 atom stereocenters. The first kappa shape index (κ1) is 15.3. The van der Waals surface area contributed by atoms with E-state index in [0.29, 0.717) is 18.5 Å². The largest absolute Gasteiger partial charge is 0.354 e. The second kappa shape index (κ2) is 7.61. The van der Waals surface area contributed by atoms with Crippen LogP contribution < -0.4 is 10.6 Å². The Labute approximate surface area is 116 Å². The first-order valence-corrected chi connectivity index (χ1v) is 6.75. The zero-order chi connectivity index (χ0) is 12.1. The molecule has 1 aliphatic rings. The minimum Gasteiger partial charge on any atom is -0.354 e. The Morgan fingerprint density at radius 1 is 1.50 bits per heavy atom. The van der Waals surface area contributed by atoms with Gasteiger partial charge < -0.3 is 5.32 Å². The van der Waals surface area contributed by atoms with Gasteiger partial charge in [0.25, 0.3) is 0 Å². The van der Waals surface area contributed by atoms with E-state index in [2.05, 4.69) is 10.6 Å². The normalized spacial score (nSPS) is 18.2. The van der Waals surface area contributed by atoms with Crippen LogP contribution in [0.3, 0.4) is 0 Å². The van der Waals surface area contributed by atoms with Gasteiger partial charge in [0.2, 0.25) is 5.91 Å². The molecule has 1 unspecified atom stereocenters. The SMILES string of the molecule is Cl.O=C(NCCc1ccccc1F)C1CSCN1. The second-order valence-corrected chi connectivity index (χ2v) is 4.93. The number of thioether (sulfide) groups is 1. The lowest BCUT2D eigenvalue weighted by atomic mass is 10.1. The summed E-state index contributed by atoms with van der Waals surface area (Å²) in [7, 11) is 0. The van der Waals surface area contributed by atoms with E-state index in [9.17, 15) is 9.18 Å². The smallest absolute Gasteiger partial charge is 0.238 e. The summed E-state index contributed by atoms with van der Waals surface area (Å²) in [6.45, 7) is 0.475. The molecule has 0 aromatic heterocycles. The van der Waals surface area contributed by atoms with Crippen LogP contribution in [0.2, 0.25) is 0 Å². The fraction of sp³-hybridized carbons (Fsp3) is 0.417. The maximum Gasteiger partial charge on any atom is 0.238 e. The monoisotopic (exact) mass is 290 g/mol. The molecule has 100 valence electrons. The van der Waals surface area contributed by atoms with Gasteiger partial charge in [-0.3, -0.25) is 10.1 Å². The Balaban J connectivity index is 0.00000162. The van der Waals surface area contributed by atoms with Crippen molar-refractivity contribution in [3.63, 3.8) is 0 Å². The van der Waals surface area contributed by atoms with Crippen molar-refractivity contribution < 1.29 is 9.18 Å². The van der Waals surface area contributed by atoms with E-state index in [-0.39, 0.29) is 30.2 Å². The molecular weight excluding hydrogens is 275 g/mol. The van der Waals surface area contributed by atoms with Gasteiger partial charge in [-0.25, -0.2) is 4.39 Å². The van der Waals surface area contributed by atoms with Crippen molar-refractivity contribution in [2.75, 3.05) is 18.2 Å². The number of carbonyl (C=O) groups is 1. The molecule has 0 spiro atoms. The second-order valence-electron chi connectivity index (χ2n) is 3.90. The van der Waals surface area contributed by atoms with Gasteiger partial charge in [-0.15, -0.1) is 24.2 Å². The highest BCUT2D eigenvalue weighted by Crippen LogP contribution is 2.09. The molecule has 6 heteroatoms. The first-order chi connectivity index (χ1) is 8.27. The molecule has 1 fully saturated rings. The highest BCUT2D eigenvalue weighted by Gasteiger charge is 2.21. The molecule has 1 aromatic carbocycles. The van der Waals surface area contributed by atoms with Gasteiger partial charge in [0, 0.05) is 18.2 Å². The van der Waals surface area contributed by atoms with Crippen molar-refractivity contribution in [2.45, 2.75) is 12.5 Å². The highest BCUT2D eigenvalue weighted by atomic mass is 35.5. The van der Waals surface area contributed by atoms with Gasteiger partial charge in [0.1, 0.15) is 5.82 Å². The molecular formula is C12H16ClFN2OS. The van der Waals surface area contributed by atoms with Gasteiger partial charge in [-0.05, 0) is 18.1 Å². The van der Waals surface area contributed by atoms with E-state index in [1.54, 1.807) is 30.0 Å². The number of halogens is 2. The maximum atomic E-state index is 13.3. The van der Waals surface area contributed by atoms with Gasteiger partial charge in [-0.2, -0.15) is 0 Å². The third kappa shape index (κ3) is 4.15. The number of hydrogen-bond donors (Lipinski definition) is 2. The van der Waals surface area contributed by atoms with Crippen LogP contribution in [0.15, 0.2) is 24.3 Å². The molecule has 3 nitrogen and oxygen atoms in total. The molecule has 1 aliphatic heterocycles. The van der Waals surface area contributed by atoms with Crippen molar-refractivity contribution in [1.82, 2.24) is 10.6 Å². The Bertz CT molecular complexity index is 399. The van der Waals surface area contributed by atoms with E-state index in [1.165, 1.54) is 6.07 Å². The number of nitrogens with one attached hydrogen (secondary N) is 2. The summed E-state index contributed by atoms with van der Waals surface area (Å²) in [5.41, 5.74) is 0.640. The summed E-state index contributed by atoms with van der Waals surface area (Å²) in [5.74, 6) is 1.43. The molecule has 2 N–H and O–H groups in total. The number of benzene rings is 1. The first-order valence-electron chi connectivity index (χ1n) is 5.59. The van der Waals surface area contributed by atoms with Crippen molar-refractivity contribution in [1.29, 1.82) is 0 Å². The van der Waals surface area contributed by atoms with Crippen molar-refractivity contribution in [3.05, 3.63) is 35.6 Å². The number of rotatable bonds is 4. The maximum absolute atomic E-state index is 13.3. The fourth-order valence-electron chi connectivity index (χ4n) is 1.71. The molecule has 1 saturated heterocycles. The lowest BCUT2D eigenvalue weighted by Crippen LogP contribution is -2.42. The Kier molecular flexibility index (Phi) is 6.46. The number of hydrogen-bond acceptors (Lipinski definition) is 3.